The third-order valence-corrected chi connectivity index (χ3v) is 5.06. The minimum Gasteiger partial charge on any atom is -0.497 e. The summed E-state index contributed by atoms with van der Waals surface area (Å²) in [6.07, 6.45) is 4.16. The third-order valence-electron chi connectivity index (χ3n) is 5.06. The van der Waals surface area contributed by atoms with Gasteiger partial charge in [-0.2, -0.15) is 10.1 Å². The molecule has 8 nitrogen and oxygen atoms in total. The standard InChI is InChI=1S/C19H24N6O2.ClH/c1-25-19(23-18(24-25)12-5-7-20-8-6-12)22-17(26)9-13-11-21-16-4-3-14(27-2)10-15(13)16;/h3-4,10-12,20-21H,5-9H2,1-2H3,(H,22,23,24,26);1H. The molecule has 0 saturated carbocycles. The molecule has 0 bridgehead atoms. The summed E-state index contributed by atoms with van der Waals surface area (Å²) >= 11 is 0. The van der Waals surface area contributed by atoms with Gasteiger partial charge in [-0.05, 0) is 49.7 Å². The zero-order valence-electron chi connectivity index (χ0n) is 16.0. The molecule has 0 atom stereocenters. The van der Waals surface area contributed by atoms with Gasteiger partial charge in [0.05, 0.1) is 13.5 Å². The Kier molecular flexibility index (Phi) is 6.21. The van der Waals surface area contributed by atoms with Crippen molar-refractivity contribution in [3.8, 4) is 5.75 Å². The van der Waals surface area contributed by atoms with Crippen LogP contribution < -0.4 is 15.4 Å². The van der Waals surface area contributed by atoms with Crippen LogP contribution in [0, 0.1) is 0 Å². The fourth-order valence-corrected chi connectivity index (χ4v) is 3.54. The van der Waals surface area contributed by atoms with Crippen LogP contribution in [-0.4, -0.2) is 45.9 Å². The van der Waals surface area contributed by atoms with Crippen LogP contribution in [-0.2, 0) is 18.3 Å². The lowest BCUT2D eigenvalue weighted by Crippen LogP contribution is -2.27. The molecule has 0 radical (unpaired) electrons. The lowest BCUT2D eigenvalue weighted by atomic mass is 9.98. The van der Waals surface area contributed by atoms with Crippen LogP contribution in [0.15, 0.2) is 24.4 Å². The Bertz CT molecular complexity index is 961. The van der Waals surface area contributed by atoms with Crippen molar-refractivity contribution in [3.05, 3.63) is 35.8 Å². The van der Waals surface area contributed by atoms with Crippen LogP contribution >= 0.6 is 12.4 Å². The van der Waals surface area contributed by atoms with Crippen molar-refractivity contribution >= 4 is 35.2 Å². The molecule has 1 aliphatic heterocycles. The molecular formula is C19H25ClN6O2. The van der Waals surface area contributed by atoms with Gasteiger partial charge >= 0.3 is 0 Å². The number of ether oxygens (including phenoxy) is 1. The fourth-order valence-electron chi connectivity index (χ4n) is 3.54. The maximum Gasteiger partial charge on any atom is 0.231 e. The third kappa shape index (κ3) is 4.13. The summed E-state index contributed by atoms with van der Waals surface area (Å²) in [6, 6.07) is 5.78. The molecule has 150 valence electrons. The fraction of sp³-hybridized carbons (Fsp3) is 0.421. The number of rotatable bonds is 5. The van der Waals surface area contributed by atoms with Crippen molar-refractivity contribution in [3.63, 3.8) is 0 Å². The normalized spacial score (nSPS) is 14.6. The Balaban J connectivity index is 0.00000225. The molecule has 3 heterocycles. The van der Waals surface area contributed by atoms with E-state index in [2.05, 4.69) is 25.7 Å². The SMILES string of the molecule is COc1ccc2[nH]cc(CC(=O)Nc3nc(C4CCNCC4)nn3C)c2c1.Cl. The lowest BCUT2D eigenvalue weighted by molar-refractivity contribution is -0.115. The number of nitrogens with one attached hydrogen (secondary N) is 3. The predicted molar refractivity (Wildman–Crippen MR) is 110 cm³/mol. The molecule has 1 aliphatic rings. The highest BCUT2D eigenvalue weighted by molar-refractivity contribution is 5.95. The number of nitrogens with zero attached hydrogens (tertiary/aromatic N) is 3. The summed E-state index contributed by atoms with van der Waals surface area (Å²) in [5, 5.41) is 11.7. The van der Waals surface area contributed by atoms with Crippen molar-refractivity contribution in [2.24, 2.45) is 7.05 Å². The molecule has 1 saturated heterocycles. The zero-order chi connectivity index (χ0) is 18.8. The number of hydrogen-bond acceptors (Lipinski definition) is 5. The first kappa shape index (κ1) is 20.2. The number of benzene rings is 1. The van der Waals surface area contributed by atoms with E-state index in [0.29, 0.717) is 11.9 Å². The first-order chi connectivity index (χ1) is 13.1. The number of amides is 1. The number of fused-ring (bicyclic) bond motifs is 1. The van der Waals surface area contributed by atoms with Gasteiger partial charge in [0.2, 0.25) is 11.9 Å². The predicted octanol–water partition coefficient (Wildman–Crippen LogP) is 2.38. The van der Waals surface area contributed by atoms with Crippen LogP contribution in [0.5, 0.6) is 5.75 Å². The highest BCUT2D eigenvalue weighted by atomic mass is 35.5. The molecule has 3 N–H and O–H groups in total. The topological polar surface area (TPSA) is 96.9 Å². The van der Waals surface area contributed by atoms with Gasteiger partial charge in [0.15, 0.2) is 5.82 Å². The number of H-pyrrole nitrogens is 1. The molecule has 2 aromatic heterocycles. The number of aryl methyl sites for hydroxylation is 1. The van der Waals surface area contributed by atoms with Crippen LogP contribution in [0.3, 0.4) is 0 Å². The van der Waals surface area contributed by atoms with Gasteiger partial charge in [0, 0.05) is 30.1 Å². The van der Waals surface area contributed by atoms with E-state index in [4.69, 9.17) is 4.74 Å². The summed E-state index contributed by atoms with van der Waals surface area (Å²) in [7, 11) is 3.44. The molecule has 0 spiro atoms. The van der Waals surface area contributed by atoms with E-state index in [1.54, 1.807) is 11.8 Å². The maximum atomic E-state index is 12.6. The smallest absolute Gasteiger partial charge is 0.231 e. The number of hydrogen-bond donors (Lipinski definition) is 3. The lowest BCUT2D eigenvalue weighted by Gasteiger charge is -2.19. The van der Waals surface area contributed by atoms with Gasteiger partial charge in [0.25, 0.3) is 0 Å². The Morgan fingerprint density at radius 3 is 2.89 bits per heavy atom. The second-order valence-electron chi connectivity index (χ2n) is 6.89. The Labute approximate surface area is 169 Å². The van der Waals surface area contributed by atoms with E-state index in [1.165, 1.54) is 0 Å². The molecule has 1 aromatic carbocycles. The van der Waals surface area contributed by atoms with Crippen molar-refractivity contribution < 1.29 is 9.53 Å². The van der Waals surface area contributed by atoms with Gasteiger partial charge < -0.3 is 15.0 Å². The Morgan fingerprint density at radius 1 is 1.36 bits per heavy atom. The average Bonchev–Trinajstić information content (AvgIpc) is 3.26. The van der Waals surface area contributed by atoms with Gasteiger partial charge in [0.1, 0.15) is 5.75 Å². The molecule has 0 aliphatic carbocycles. The van der Waals surface area contributed by atoms with Gasteiger partial charge in [-0.25, -0.2) is 4.68 Å². The van der Waals surface area contributed by atoms with E-state index in [9.17, 15) is 4.79 Å². The van der Waals surface area contributed by atoms with E-state index in [1.807, 2.05) is 31.4 Å². The summed E-state index contributed by atoms with van der Waals surface area (Å²) < 4.78 is 6.93. The number of halogens is 1. The number of carbonyl (C=O) groups is 1. The number of aromatic nitrogens is 4. The van der Waals surface area contributed by atoms with Gasteiger partial charge in [-0.15, -0.1) is 12.4 Å². The second kappa shape index (κ2) is 8.62. The number of carbonyl (C=O) groups excluding carboxylic acids is 1. The monoisotopic (exact) mass is 404 g/mol. The van der Waals surface area contributed by atoms with Gasteiger partial charge in [-0.1, -0.05) is 0 Å². The first-order valence-corrected chi connectivity index (χ1v) is 9.19. The Hall–Kier alpha value is -2.58. The quantitative estimate of drug-likeness (QED) is 0.606. The van der Waals surface area contributed by atoms with Crippen molar-refractivity contribution in [2.75, 3.05) is 25.5 Å². The highest BCUT2D eigenvalue weighted by Crippen LogP contribution is 2.25. The number of anilines is 1. The summed E-state index contributed by atoms with van der Waals surface area (Å²) in [6.45, 7) is 1.96. The van der Waals surface area contributed by atoms with E-state index in [-0.39, 0.29) is 24.7 Å². The second-order valence-corrected chi connectivity index (χ2v) is 6.89. The Morgan fingerprint density at radius 2 is 2.14 bits per heavy atom. The minimum absolute atomic E-state index is 0. The van der Waals surface area contributed by atoms with Crippen molar-refractivity contribution in [2.45, 2.75) is 25.2 Å². The molecule has 0 unspecified atom stereocenters. The van der Waals surface area contributed by atoms with Crippen LogP contribution in [0.2, 0.25) is 0 Å². The molecule has 1 fully saturated rings. The van der Waals surface area contributed by atoms with Crippen molar-refractivity contribution in [1.82, 2.24) is 25.1 Å². The number of aromatic amines is 1. The first-order valence-electron chi connectivity index (χ1n) is 9.19. The number of methoxy groups -OCH3 is 1. The van der Waals surface area contributed by atoms with Crippen LogP contribution in [0.25, 0.3) is 10.9 Å². The van der Waals surface area contributed by atoms with Crippen LogP contribution in [0.4, 0.5) is 5.95 Å². The zero-order valence-corrected chi connectivity index (χ0v) is 16.8. The minimum atomic E-state index is -0.119. The van der Waals surface area contributed by atoms with E-state index < -0.39 is 0 Å². The van der Waals surface area contributed by atoms with E-state index >= 15 is 0 Å². The molecule has 9 heteroatoms. The molecule has 4 rings (SSSR count). The molecular weight excluding hydrogens is 380 g/mol. The molecule has 1 amide bonds. The van der Waals surface area contributed by atoms with E-state index in [0.717, 1.165) is 54.0 Å². The van der Waals surface area contributed by atoms with Crippen molar-refractivity contribution in [1.29, 1.82) is 0 Å². The largest absolute Gasteiger partial charge is 0.497 e. The number of piperidine rings is 1. The summed E-state index contributed by atoms with van der Waals surface area (Å²) in [4.78, 5) is 20.3. The summed E-state index contributed by atoms with van der Waals surface area (Å²) in [5.74, 6) is 2.30. The molecule has 28 heavy (non-hydrogen) atoms. The summed E-state index contributed by atoms with van der Waals surface area (Å²) in [5.41, 5.74) is 1.90. The highest BCUT2D eigenvalue weighted by Gasteiger charge is 2.21. The average molecular weight is 405 g/mol. The maximum absolute atomic E-state index is 12.6. The van der Waals surface area contributed by atoms with Crippen LogP contribution in [0.1, 0.15) is 30.1 Å². The van der Waals surface area contributed by atoms with Gasteiger partial charge in [-0.3, -0.25) is 10.1 Å². The molecule has 3 aromatic rings.